The number of carbonyl (C=O) groups excluding carboxylic acids is 1. The number of methoxy groups -OCH3 is 1. The first-order chi connectivity index (χ1) is 17.8. The monoisotopic (exact) mass is 628 g/mol. The maximum atomic E-state index is 13.8. The maximum absolute atomic E-state index is 13.8. The molecule has 2 aromatic carbocycles. The largest absolute Gasteiger partial charge is 0.493 e. The Morgan fingerprint density at radius 2 is 2.00 bits per heavy atom. The number of esters is 1. The highest BCUT2D eigenvalue weighted by Gasteiger charge is 2.33. The van der Waals surface area contributed by atoms with Crippen LogP contribution in [0.5, 0.6) is 11.5 Å². The molecule has 7 nitrogen and oxygen atoms in total. The molecule has 0 spiro atoms. The van der Waals surface area contributed by atoms with Gasteiger partial charge in [-0.15, -0.1) is 6.42 Å². The van der Waals surface area contributed by atoms with Crippen LogP contribution in [-0.4, -0.2) is 30.9 Å². The summed E-state index contributed by atoms with van der Waals surface area (Å²) in [6.07, 6.45) is 7.12. The van der Waals surface area contributed by atoms with Crippen molar-refractivity contribution in [3.63, 3.8) is 0 Å². The predicted octanol–water partition coefficient (Wildman–Crippen LogP) is 3.73. The Labute approximate surface area is 232 Å². The van der Waals surface area contributed by atoms with Gasteiger partial charge >= 0.3 is 5.97 Å². The van der Waals surface area contributed by atoms with Gasteiger partial charge in [-0.2, -0.15) is 0 Å². The molecule has 0 saturated heterocycles. The number of allylic oxidation sites excluding steroid dienone is 1. The van der Waals surface area contributed by atoms with Crippen LogP contribution in [-0.2, 0) is 9.53 Å². The molecule has 3 aromatic rings. The number of thiazole rings is 1. The summed E-state index contributed by atoms with van der Waals surface area (Å²) in [7, 11) is 1.55. The van der Waals surface area contributed by atoms with Gasteiger partial charge in [0.2, 0.25) is 0 Å². The van der Waals surface area contributed by atoms with Crippen LogP contribution in [0.4, 0.5) is 0 Å². The molecule has 1 aliphatic rings. The third-order valence-corrected chi connectivity index (χ3v) is 7.54. The molecule has 9 heteroatoms. The molecule has 1 aliphatic heterocycles. The van der Waals surface area contributed by atoms with E-state index in [0.717, 1.165) is 20.3 Å². The molecule has 0 bridgehead atoms. The minimum Gasteiger partial charge on any atom is -0.493 e. The number of nitrogens with zero attached hydrogens (tertiary/aromatic N) is 2. The molecule has 2 heterocycles. The second-order valence-electron chi connectivity index (χ2n) is 8.24. The number of halogens is 1. The van der Waals surface area contributed by atoms with Crippen molar-refractivity contribution in [2.75, 3.05) is 20.3 Å². The first kappa shape index (κ1) is 26.7. The fraction of sp³-hybridized carbons (Fsp3) is 0.250. The van der Waals surface area contributed by atoms with Crippen molar-refractivity contribution in [3.05, 3.63) is 87.6 Å². The van der Waals surface area contributed by atoms with Crippen LogP contribution in [0, 0.1) is 22.8 Å². The third kappa shape index (κ3) is 5.36. The lowest BCUT2D eigenvalue weighted by molar-refractivity contribution is -0.139. The number of ether oxygens (including phenoxy) is 3. The quantitative estimate of drug-likeness (QED) is 0.227. The van der Waals surface area contributed by atoms with Gasteiger partial charge in [-0.3, -0.25) is 9.36 Å². The Morgan fingerprint density at radius 1 is 1.27 bits per heavy atom. The topological polar surface area (TPSA) is 79.1 Å². The van der Waals surface area contributed by atoms with Crippen LogP contribution in [0.25, 0.3) is 6.08 Å². The van der Waals surface area contributed by atoms with Gasteiger partial charge in [-0.1, -0.05) is 47.1 Å². The van der Waals surface area contributed by atoms with E-state index in [0.29, 0.717) is 32.1 Å². The Hall–Kier alpha value is -3.36. The molecule has 0 N–H and O–H groups in total. The Balaban J connectivity index is 1.90. The number of aryl methyl sites for hydroxylation is 1. The van der Waals surface area contributed by atoms with Crippen LogP contribution in [0.3, 0.4) is 0 Å². The smallest absolute Gasteiger partial charge is 0.338 e. The Bertz CT molecular complexity index is 1610. The van der Waals surface area contributed by atoms with Crippen molar-refractivity contribution >= 4 is 46.0 Å². The van der Waals surface area contributed by atoms with Crippen LogP contribution in [0.1, 0.15) is 36.6 Å². The lowest BCUT2D eigenvalue weighted by atomic mass is 9.95. The Kier molecular flexibility index (Phi) is 8.19. The second-order valence-corrected chi connectivity index (χ2v) is 10.4. The van der Waals surface area contributed by atoms with Crippen molar-refractivity contribution in [1.82, 2.24) is 4.57 Å². The van der Waals surface area contributed by atoms with Gasteiger partial charge in [0, 0.05) is 0 Å². The molecule has 0 amide bonds. The van der Waals surface area contributed by atoms with Crippen LogP contribution in [0.15, 0.2) is 57.5 Å². The lowest BCUT2D eigenvalue weighted by Gasteiger charge is -2.24. The summed E-state index contributed by atoms with van der Waals surface area (Å²) in [5.41, 5.74) is 3.28. The van der Waals surface area contributed by atoms with Gasteiger partial charge in [0.25, 0.3) is 5.56 Å². The van der Waals surface area contributed by atoms with Crippen LogP contribution < -0.4 is 24.4 Å². The first-order valence-electron chi connectivity index (χ1n) is 11.5. The van der Waals surface area contributed by atoms with E-state index >= 15 is 0 Å². The maximum Gasteiger partial charge on any atom is 0.338 e. The summed E-state index contributed by atoms with van der Waals surface area (Å²) >= 11 is 3.41. The predicted molar refractivity (Wildman–Crippen MR) is 152 cm³/mol. The number of terminal acetylenes is 1. The van der Waals surface area contributed by atoms with E-state index in [2.05, 4.69) is 33.5 Å². The number of hydrogen-bond donors (Lipinski definition) is 0. The van der Waals surface area contributed by atoms with E-state index in [9.17, 15) is 9.59 Å². The van der Waals surface area contributed by atoms with Crippen molar-refractivity contribution < 1.29 is 19.0 Å². The van der Waals surface area contributed by atoms with E-state index in [-0.39, 0.29) is 18.8 Å². The minimum absolute atomic E-state index is 0.117. The van der Waals surface area contributed by atoms with Crippen molar-refractivity contribution in [2.45, 2.75) is 26.8 Å². The van der Waals surface area contributed by atoms with Gasteiger partial charge in [-0.05, 0) is 72.7 Å². The van der Waals surface area contributed by atoms with Crippen LogP contribution >= 0.6 is 33.9 Å². The zero-order valence-corrected chi connectivity index (χ0v) is 23.8. The van der Waals surface area contributed by atoms with Crippen molar-refractivity contribution in [1.29, 1.82) is 0 Å². The molecule has 4 rings (SSSR count). The van der Waals surface area contributed by atoms with Gasteiger partial charge in [0.05, 0.1) is 39.1 Å². The van der Waals surface area contributed by atoms with E-state index in [4.69, 9.17) is 20.6 Å². The second kappa shape index (κ2) is 11.4. The average Bonchev–Trinajstić information content (AvgIpc) is 3.17. The van der Waals surface area contributed by atoms with E-state index in [1.54, 1.807) is 37.7 Å². The fourth-order valence-corrected chi connectivity index (χ4v) is 5.91. The number of carbonyl (C=O) groups is 1. The van der Waals surface area contributed by atoms with Crippen molar-refractivity contribution in [3.8, 4) is 23.8 Å². The van der Waals surface area contributed by atoms with E-state index < -0.39 is 12.0 Å². The van der Waals surface area contributed by atoms with Gasteiger partial charge < -0.3 is 14.2 Å². The molecule has 0 fully saturated rings. The molecular weight excluding hydrogens is 603 g/mol. The molecule has 190 valence electrons. The highest BCUT2D eigenvalue weighted by Crippen LogP contribution is 2.34. The number of benzene rings is 2. The number of hydrogen-bond acceptors (Lipinski definition) is 7. The third-order valence-electron chi connectivity index (χ3n) is 5.76. The highest BCUT2D eigenvalue weighted by atomic mass is 127. The Morgan fingerprint density at radius 3 is 2.65 bits per heavy atom. The molecule has 0 radical (unpaired) electrons. The van der Waals surface area contributed by atoms with E-state index in [1.165, 1.54) is 11.3 Å². The SMILES string of the molecule is C#CCOc1c(I)cc(/C=c2/sc3n(c2=O)[C@@H](c2ccc(C)cc2)C(C(=O)OCC)=C(C)N=3)cc1OC. The first-order valence-corrected chi connectivity index (χ1v) is 13.4. The van der Waals surface area contributed by atoms with Crippen molar-refractivity contribution in [2.24, 2.45) is 4.99 Å². The number of rotatable bonds is 7. The van der Waals surface area contributed by atoms with Gasteiger partial charge in [0.15, 0.2) is 16.3 Å². The molecular formula is C28H25IN2O5S. The summed E-state index contributed by atoms with van der Waals surface area (Å²) < 4.78 is 19.3. The zero-order chi connectivity index (χ0) is 26.7. The average molecular weight is 628 g/mol. The zero-order valence-electron chi connectivity index (χ0n) is 20.8. The molecule has 1 aromatic heterocycles. The summed E-state index contributed by atoms with van der Waals surface area (Å²) in [6, 6.07) is 10.8. The summed E-state index contributed by atoms with van der Waals surface area (Å²) in [4.78, 5) is 31.9. The summed E-state index contributed by atoms with van der Waals surface area (Å²) in [6.45, 7) is 5.85. The molecule has 0 aliphatic carbocycles. The molecule has 1 atom stereocenters. The van der Waals surface area contributed by atoms with E-state index in [1.807, 2.05) is 37.3 Å². The molecule has 0 unspecified atom stereocenters. The standard InChI is InChI=1S/C28H25IN2O5S/c1-6-12-36-25-20(29)13-18(14-21(25)34-5)15-22-26(32)31-24(19-10-8-16(3)9-11-19)23(27(33)35-7-2)17(4)30-28(31)37-22/h1,8-11,13-15,24H,7,12H2,2-5H3/b22-15+/t24-/m0/s1. The van der Waals surface area contributed by atoms with Gasteiger partial charge in [0.1, 0.15) is 6.61 Å². The highest BCUT2D eigenvalue weighted by molar-refractivity contribution is 14.1. The van der Waals surface area contributed by atoms with Crippen LogP contribution in [0.2, 0.25) is 0 Å². The summed E-state index contributed by atoms with van der Waals surface area (Å²) in [5.74, 6) is 3.03. The fourth-order valence-electron chi connectivity index (χ4n) is 4.08. The van der Waals surface area contributed by atoms with Gasteiger partial charge in [-0.25, -0.2) is 9.79 Å². The molecule has 0 saturated carbocycles. The molecule has 37 heavy (non-hydrogen) atoms. The summed E-state index contributed by atoms with van der Waals surface area (Å²) in [5, 5.41) is 0. The minimum atomic E-state index is -0.646. The normalized spacial score (nSPS) is 15.0. The lowest BCUT2D eigenvalue weighted by Crippen LogP contribution is -2.39. The number of fused-ring (bicyclic) bond motifs is 1. The number of aromatic nitrogens is 1.